The molecule has 0 saturated carbocycles. The molecule has 2 aromatic rings. The van der Waals surface area contributed by atoms with Gasteiger partial charge in [0.15, 0.2) is 0 Å². The molecule has 1 N–H and O–H groups in total. The molecular formula is C17H22FN3O. The molecule has 0 unspecified atom stereocenters. The summed E-state index contributed by atoms with van der Waals surface area (Å²) < 4.78 is 14.9. The van der Waals surface area contributed by atoms with E-state index in [1.807, 2.05) is 29.9 Å². The molecule has 22 heavy (non-hydrogen) atoms. The van der Waals surface area contributed by atoms with Gasteiger partial charge in [-0.2, -0.15) is 0 Å². The minimum atomic E-state index is -0.345. The topological polar surface area (TPSA) is 41.3 Å². The lowest BCUT2D eigenvalue weighted by Crippen LogP contribution is -2.44. The number of hydrogen-bond acceptors (Lipinski definition) is 3. The van der Waals surface area contributed by atoms with Crippen molar-refractivity contribution >= 4 is 0 Å². The number of rotatable bonds is 4. The van der Waals surface area contributed by atoms with Crippen molar-refractivity contribution in [3.63, 3.8) is 0 Å². The van der Waals surface area contributed by atoms with E-state index in [0.29, 0.717) is 6.54 Å². The number of likely N-dealkylation sites (tertiary alicyclic amines) is 1. The van der Waals surface area contributed by atoms with Gasteiger partial charge >= 0.3 is 0 Å². The van der Waals surface area contributed by atoms with Crippen LogP contribution in [0.4, 0.5) is 4.39 Å². The fourth-order valence-corrected chi connectivity index (χ4v) is 3.13. The van der Waals surface area contributed by atoms with Gasteiger partial charge in [-0.3, -0.25) is 4.90 Å². The highest BCUT2D eigenvalue weighted by molar-refractivity contribution is 5.17. The summed E-state index contributed by atoms with van der Waals surface area (Å²) in [5, 5.41) is 10.4. The van der Waals surface area contributed by atoms with Crippen molar-refractivity contribution in [2.75, 3.05) is 13.1 Å². The molecule has 1 aromatic heterocycles. The number of aliphatic hydroxyl groups excluding tert-OH is 1. The molecule has 0 bridgehead atoms. The summed E-state index contributed by atoms with van der Waals surface area (Å²) >= 11 is 0. The van der Waals surface area contributed by atoms with E-state index >= 15 is 0 Å². The third-order valence-electron chi connectivity index (χ3n) is 4.36. The van der Waals surface area contributed by atoms with Crippen LogP contribution in [-0.2, 0) is 20.0 Å². The van der Waals surface area contributed by atoms with Crippen LogP contribution in [0.3, 0.4) is 0 Å². The standard InChI is InChI=1S/C17H22FN3O/c1-20-9-16(19-12-20)10-21-7-6-14(17(22)11-21)8-13-2-4-15(18)5-3-13/h2-5,9,12,14,17,22H,6-8,10-11H2,1H3/t14-,17+/m1/s1. The first-order chi connectivity index (χ1) is 10.6. The predicted molar refractivity (Wildman–Crippen MR) is 82.7 cm³/mol. The number of β-amino-alcohol motifs (C(OH)–C–C–N with tert-alkyl or cyclic N) is 1. The lowest BCUT2D eigenvalue weighted by Gasteiger charge is -2.35. The summed E-state index contributed by atoms with van der Waals surface area (Å²) in [6.45, 7) is 2.41. The minimum absolute atomic E-state index is 0.213. The van der Waals surface area contributed by atoms with Crippen LogP contribution in [0.15, 0.2) is 36.8 Å². The van der Waals surface area contributed by atoms with Gasteiger partial charge in [0.1, 0.15) is 5.82 Å². The van der Waals surface area contributed by atoms with Gasteiger partial charge in [0.25, 0.3) is 0 Å². The number of imidazole rings is 1. The molecule has 1 aromatic carbocycles. The van der Waals surface area contributed by atoms with Gasteiger partial charge < -0.3 is 9.67 Å². The van der Waals surface area contributed by atoms with Gasteiger partial charge in [0, 0.05) is 26.3 Å². The van der Waals surface area contributed by atoms with Crippen LogP contribution in [0.5, 0.6) is 0 Å². The van der Waals surface area contributed by atoms with Crippen molar-refractivity contribution in [2.45, 2.75) is 25.5 Å². The molecule has 1 aliphatic rings. The van der Waals surface area contributed by atoms with Crippen molar-refractivity contribution in [1.29, 1.82) is 0 Å². The van der Waals surface area contributed by atoms with Crippen molar-refractivity contribution in [1.82, 2.24) is 14.5 Å². The summed E-state index contributed by atoms with van der Waals surface area (Å²) in [6.07, 6.45) is 5.22. The maximum Gasteiger partial charge on any atom is 0.123 e. The Labute approximate surface area is 130 Å². The normalized spacial score (nSPS) is 22.9. The van der Waals surface area contributed by atoms with E-state index in [2.05, 4.69) is 9.88 Å². The second-order valence-electron chi connectivity index (χ2n) is 6.21. The first kappa shape index (κ1) is 15.2. The quantitative estimate of drug-likeness (QED) is 0.939. The van der Waals surface area contributed by atoms with E-state index in [9.17, 15) is 9.50 Å². The van der Waals surface area contributed by atoms with Crippen molar-refractivity contribution < 1.29 is 9.50 Å². The molecule has 118 valence electrons. The van der Waals surface area contributed by atoms with Crippen molar-refractivity contribution in [3.8, 4) is 0 Å². The third-order valence-corrected chi connectivity index (χ3v) is 4.36. The smallest absolute Gasteiger partial charge is 0.123 e. The molecule has 2 heterocycles. The van der Waals surface area contributed by atoms with Crippen molar-refractivity contribution in [3.05, 3.63) is 53.9 Å². The maximum atomic E-state index is 12.9. The summed E-state index contributed by atoms with van der Waals surface area (Å²) in [4.78, 5) is 6.58. The van der Waals surface area contributed by atoms with Crippen molar-refractivity contribution in [2.24, 2.45) is 13.0 Å². The van der Waals surface area contributed by atoms with Crippen LogP contribution < -0.4 is 0 Å². The number of aromatic nitrogens is 2. The zero-order valence-electron chi connectivity index (χ0n) is 12.8. The summed E-state index contributed by atoms with van der Waals surface area (Å²) in [7, 11) is 1.96. The Hall–Kier alpha value is -1.72. The molecule has 0 amide bonds. The highest BCUT2D eigenvalue weighted by Crippen LogP contribution is 2.23. The molecule has 0 radical (unpaired) electrons. The highest BCUT2D eigenvalue weighted by Gasteiger charge is 2.28. The predicted octanol–water partition coefficient (Wildman–Crippen LogP) is 1.98. The molecule has 1 saturated heterocycles. The van der Waals surface area contributed by atoms with Crippen LogP contribution in [0.25, 0.3) is 0 Å². The van der Waals surface area contributed by atoms with E-state index in [0.717, 1.165) is 37.2 Å². The molecule has 5 heteroatoms. The number of benzene rings is 1. The maximum absolute atomic E-state index is 12.9. The molecule has 1 fully saturated rings. The lowest BCUT2D eigenvalue weighted by molar-refractivity contribution is 0.0183. The fraction of sp³-hybridized carbons (Fsp3) is 0.471. The second kappa shape index (κ2) is 6.58. The average Bonchev–Trinajstić information content (AvgIpc) is 2.89. The van der Waals surface area contributed by atoms with Gasteiger partial charge in [-0.15, -0.1) is 0 Å². The van der Waals surface area contributed by atoms with Gasteiger partial charge in [-0.05, 0) is 43.0 Å². The number of hydrogen-bond donors (Lipinski definition) is 1. The Morgan fingerprint density at radius 2 is 2.09 bits per heavy atom. The average molecular weight is 303 g/mol. The van der Waals surface area contributed by atoms with E-state index < -0.39 is 0 Å². The molecule has 4 nitrogen and oxygen atoms in total. The van der Waals surface area contributed by atoms with Crippen LogP contribution in [-0.4, -0.2) is 38.8 Å². The minimum Gasteiger partial charge on any atom is -0.391 e. The van der Waals surface area contributed by atoms with E-state index in [4.69, 9.17) is 0 Å². The Balaban J connectivity index is 1.54. The van der Waals surface area contributed by atoms with E-state index in [1.54, 1.807) is 6.33 Å². The summed E-state index contributed by atoms with van der Waals surface area (Å²) in [5.74, 6) is 0.0277. The van der Waals surface area contributed by atoms with Gasteiger partial charge in [0.2, 0.25) is 0 Å². The third kappa shape index (κ3) is 3.72. The lowest BCUT2D eigenvalue weighted by atomic mass is 9.88. The number of aryl methyl sites for hydroxylation is 1. The number of nitrogens with zero attached hydrogens (tertiary/aromatic N) is 3. The first-order valence-corrected chi connectivity index (χ1v) is 7.72. The first-order valence-electron chi connectivity index (χ1n) is 7.72. The zero-order chi connectivity index (χ0) is 15.5. The van der Waals surface area contributed by atoms with Crippen LogP contribution >= 0.6 is 0 Å². The zero-order valence-corrected chi connectivity index (χ0v) is 12.8. The van der Waals surface area contributed by atoms with Crippen LogP contribution in [0.1, 0.15) is 17.7 Å². The van der Waals surface area contributed by atoms with Crippen LogP contribution in [0, 0.1) is 11.7 Å². The Kier molecular flexibility index (Phi) is 4.55. The fourth-order valence-electron chi connectivity index (χ4n) is 3.13. The molecule has 0 aliphatic carbocycles. The molecule has 2 atom stereocenters. The van der Waals surface area contributed by atoms with Gasteiger partial charge in [-0.1, -0.05) is 12.1 Å². The Morgan fingerprint density at radius 3 is 2.73 bits per heavy atom. The molecular weight excluding hydrogens is 281 g/mol. The Bertz CT molecular complexity index is 611. The monoisotopic (exact) mass is 303 g/mol. The van der Waals surface area contributed by atoms with Crippen LogP contribution in [0.2, 0.25) is 0 Å². The number of piperidine rings is 1. The van der Waals surface area contributed by atoms with E-state index in [-0.39, 0.29) is 17.8 Å². The second-order valence-corrected chi connectivity index (χ2v) is 6.21. The largest absolute Gasteiger partial charge is 0.391 e. The summed E-state index contributed by atoms with van der Waals surface area (Å²) in [6, 6.07) is 6.58. The van der Waals surface area contributed by atoms with Gasteiger partial charge in [-0.25, -0.2) is 9.37 Å². The Morgan fingerprint density at radius 1 is 1.32 bits per heavy atom. The van der Waals surface area contributed by atoms with Gasteiger partial charge in [0.05, 0.1) is 18.1 Å². The SMILES string of the molecule is Cn1cnc(CN2CC[C@H](Cc3ccc(F)cc3)[C@@H](O)C2)c1. The summed E-state index contributed by atoms with van der Waals surface area (Å²) in [5.41, 5.74) is 2.12. The number of halogens is 1. The molecule has 0 spiro atoms. The molecule has 1 aliphatic heterocycles. The highest BCUT2D eigenvalue weighted by atomic mass is 19.1. The number of aliphatic hydroxyl groups is 1. The molecule has 3 rings (SSSR count). The van der Waals surface area contributed by atoms with E-state index in [1.165, 1.54) is 12.1 Å².